The zero-order chi connectivity index (χ0) is 22.8. The van der Waals surface area contributed by atoms with Crippen LogP contribution in [0.15, 0.2) is 60.0 Å². The van der Waals surface area contributed by atoms with Crippen LogP contribution in [0.5, 0.6) is 11.5 Å². The van der Waals surface area contributed by atoms with Crippen molar-refractivity contribution in [2.24, 2.45) is 0 Å². The lowest BCUT2D eigenvalue weighted by atomic mass is 10.0. The van der Waals surface area contributed by atoms with Gasteiger partial charge >= 0.3 is 0 Å². The molecule has 1 aromatic heterocycles. The van der Waals surface area contributed by atoms with Gasteiger partial charge in [0.2, 0.25) is 6.79 Å². The molecule has 8 heteroatoms. The Hall–Kier alpha value is -3.10. The maximum atomic E-state index is 14.3. The molecule has 2 aliphatic rings. The zero-order valence-electron chi connectivity index (χ0n) is 18.4. The Morgan fingerprint density at radius 3 is 2.58 bits per heavy atom. The maximum Gasteiger partial charge on any atom is 0.251 e. The fourth-order valence-electron chi connectivity index (χ4n) is 4.56. The molecular weight excluding hydrogens is 441 g/mol. The minimum atomic E-state index is -0.190. The summed E-state index contributed by atoms with van der Waals surface area (Å²) in [6.45, 7) is 5.23. The second-order valence-corrected chi connectivity index (χ2v) is 9.24. The van der Waals surface area contributed by atoms with Crippen molar-refractivity contribution in [3.8, 4) is 11.5 Å². The number of nitrogens with zero attached hydrogens (tertiary/aromatic N) is 2. The van der Waals surface area contributed by atoms with Crippen LogP contribution in [0, 0.1) is 5.82 Å². The molecule has 172 valence electrons. The van der Waals surface area contributed by atoms with Gasteiger partial charge in [0.05, 0.1) is 11.7 Å². The van der Waals surface area contributed by atoms with Crippen molar-refractivity contribution in [2.75, 3.05) is 37.9 Å². The van der Waals surface area contributed by atoms with Crippen LogP contribution in [0.4, 0.5) is 10.1 Å². The fourth-order valence-corrected chi connectivity index (χ4v) is 5.52. The number of fused-ring (bicyclic) bond motifs is 1. The Morgan fingerprint density at radius 1 is 1.03 bits per heavy atom. The number of rotatable bonds is 6. The minimum absolute atomic E-state index is 0.0331. The largest absolute Gasteiger partial charge is 0.454 e. The fraction of sp³-hybridized carbons (Fsp3) is 0.320. The average Bonchev–Trinajstić information content (AvgIpc) is 3.52. The molecule has 5 rings (SSSR count). The van der Waals surface area contributed by atoms with Gasteiger partial charge in [-0.15, -0.1) is 11.3 Å². The molecule has 0 bridgehead atoms. The van der Waals surface area contributed by atoms with E-state index < -0.39 is 0 Å². The summed E-state index contributed by atoms with van der Waals surface area (Å²) in [6.07, 6.45) is 0. The van der Waals surface area contributed by atoms with Gasteiger partial charge < -0.3 is 19.7 Å². The highest BCUT2D eigenvalue weighted by molar-refractivity contribution is 7.10. The number of para-hydroxylation sites is 1. The third kappa shape index (κ3) is 4.54. The number of thiophene rings is 1. The van der Waals surface area contributed by atoms with Crippen LogP contribution in [0.3, 0.4) is 0 Å². The second kappa shape index (κ2) is 9.41. The maximum absolute atomic E-state index is 14.3. The van der Waals surface area contributed by atoms with E-state index in [2.05, 4.69) is 26.6 Å². The number of halogens is 1. The smallest absolute Gasteiger partial charge is 0.251 e. The van der Waals surface area contributed by atoms with Gasteiger partial charge in [-0.3, -0.25) is 9.69 Å². The number of hydrogen-bond acceptors (Lipinski definition) is 6. The highest BCUT2D eigenvalue weighted by atomic mass is 32.1. The van der Waals surface area contributed by atoms with E-state index >= 15 is 0 Å². The lowest BCUT2D eigenvalue weighted by Gasteiger charge is -2.42. The molecule has 1 saturated heterocycles. The van der Waals surface area contributed by atoms with Crippen molar-refractivity contribution in [1.82, 2.24) is 10.2 Å². The number of hydrogen-bond donors (Lipinski definition) is 1. The number of anilines is 1. The molecule has 1 amide bonds. The molecule has 33 heavy (non-hydrogen) atoms. The first kappa shape index (κ1) is 21.7. The van der Waals surface area contributed by atoms with E-state index in [1.807, 2.05) is 25.1 Å². The van der Waals surface area contributed by atoms with E-state index in [-0.39, 0.29) is 30.6 Å². The van der Waals surface area contributed by atoms with Gasteiger partial charge in [-0.1, -0.05) is 18.2 Å². The van der Waals surface area contributed by atoms with E-state index in [0.29, 0.717) is 22.7 Å². The summed E-state index contributed by atoms with van der Waals surface area (Å²) in [6, 6.07) is 16.2. The van der Waals surface area contributed by atoms with E-state index in [4.69, 9.17) is 9.47 Å². The first-order chi connectivity index (χ1) is 16.1. The van der Waals surface area contributed by atoms with Gasteiger partial charge in [0.15, 0.2) is 11.5 Å². The van der Waals surface area contributed by atoms with Crippen LogP contribution in [-0.4, -0.2) is 49.8 Å². The molecular formula is C25H26FN3O3S. The molecule has 2 atom stereocenters. The highest BCUT2D eigenvalue weighted by Gasteiger charge is 2.31. The number of carbonyl (C=O) groups is 1. The number of benzene rings is 2. The van der Waals surface area contributed by atoms with Crippen molar-refractivity contribution in [1.29, 1.82) is 0 Å². The number of nitrogens with one attached hydrogen (secondary N) is 1. The van der Waals surface area contributed by atoms with E-state index in [1.54, 1.807) is 35.6 Å². The number of piperazine rings is 1. The molecule has 2 unspecified atom stereocenters. The average molecular weight is 468 g/mol. The zero-order valence-corrected chi connectivity index (χ0v) is 19.2. The summed E-state index contributed by atoms with van der Waals surface area (Å²) in [7, 11) is 0. The van der Waals surface area contributed by atoms with Gasteiger partial charge in [-0.2, -0.15) is 0 Å². The lowest BCUT2D eigenvalue weighted by Crippen LogP contribution is -2.52. The second-order valence-electron chi connectivity index (χ2n) is 8.26. The summed E-state index contributed by atoms with van der Waals surface area (Å²) in [5.41, 5.74) is 1.19. The van der Waals surface area contributed by atoms with Gasteiger partial charge in [0.25, 0.3) is 5.91 Å². The summed E-state index contributed by atoms with van der Waals surface area (Å²) in [5.74, 6) is 0.913. The topological polar surface area (TPSA) is 54.0 Å². The van der Waals surface area contributed by atoms with E-state index in [0.717, 1.165) is 26.2 Å². The monoisotopic (exact) mass is 467 g/mol. The van der Waals surface area contributed by atoms with Crippen molar-refractivity contribution in [2.45, 2.75) is 19.0 Å². The van der Waals surface area contributed by atoms with Crippen molar-refractivity contribution in [3.05, 3.63) is 76.2 Å². The predicted molar refractivity (Wildman–Crippen MR) is 127 cm³/mol. The summed E-state index contributed by atoms with van der Waals surface area (Å²) in [4.78, 5) is 18.7. The lowest BCUT2D eigenvalue weighted by molar-refractivity contribution is 0.0890. The summed E-state index contributed by atoms with van der Waals surface area (Å²) < 4.78 is 25.0. The molecule has 3 aromatic rings. The van der Waals surface area contributed by atoms with Crippen LogP contribution in [0.25, 0.3) is 0 Å². The van der Waals surface area contributed by atoms with Crippen LogP contribution in [-0.2, 0) is 0 Å². The molecule has 6 nitrogen and oxygen atoms in total. The van der Waals surface area contributed by atoms with Gasteiger partial charge in [-0.25, -0.2) is 4.39 Å². The summed E-state index contributed by atoms with van der Waals surface area (Å²) >= 11 is 1.69. The van der Waals surface area contributed by atoms with E-state index in [1.165, 1.54) is 10.9 Å². The highest BCUT2D eigenvalue weighted by Crippen LogP contribution is 2.33. The molecule has 2 aromatic carbocycles. The van der Waals surface area contributed by atoms with Crippen molar-refractivity contribution < 1.29 is 18.7 Å². The third-order valence-corrected chi connectivity index (χ3v) is 7.15. The molecule has 0 spiro atoms. The van der Waals surface area contributed by atoms with E-state index in [9.17, 15) is 9.18 Å². The minimum Gasteiger partial charge on any atom is -0.454 e. The van der Waals surface area contributed by atoms with Crippen molar-refractivity contribution in [3.63, 3.8) is 0 Å². The van der Waals surface area contributed by atoms with Crippen LogP contribution < -0.4 is 19.7 Å². The molecule has 0 aliphatic carbocycles. The molecule has 0 saturated carbocycles. The van der Waals surface area contributed by atoms with Crippen LogP contribution >= 0.6 is 11.3 Å². The SMILES string of the molecule is CC(NC(=O)c1ccc2c(c1)OCO2)C(c1cccs1)N1CCN(c2ccccc2F)CC1. The van der Waals surface area contributed by atoms with Crippen LogP contribution in [0.2, 0.25) is 0 Å². The van der Waals surface area contributed by atoms with Gasteiger partial charge in [0.1, 0.15) is 5.82 Å². The normalized spacial score (nSPS) is 17.6. The quantitative estimate of drug-likeness (QED) is 0.586. The Bertz CT molecular complexity index is 1120. The van der Waals surface area contributed by atoms with Gasteiger partial charge in [-0.05, 0) is 48.7 Å². The Balaban J connectivity index is 1.29. The summed E-state index contributed by atoms with van der Waals surface area (Å²) in [5, 5.41) is 5.24. The molecule has 3 heterocycles. The standard InChI is InChI=1S/C25H26FN3O3S/c1-17(27-25(30)18-8-9-21-22(15-18)32-16-31-21)24(23-7-4-14-33-23)29-12-10-28(11-13-29)20-6-3-2-5-19(20)26/h2-9,14-15,17,24H,10-13,16H2,1H3,(H,27,30). The first-order valence-electron chi connectivity index (χ1n) is 11.1. The number of carbonyl (C=O) groups excluding carboxylic acids is 1. The molecule has 1 N–H and O–H groups in total. The predicted octanol–water partition coefficient (Wildman–Crippen LogP) is 4.30. The first-order valence-corrected chi connectivity index (χ1v) is 12.0. The van der Waals surface area contributed by atoms with Crippen LogP contribution in [0.1, 0.15) is 28.2 Å². The molecule has 1 fully saturated rings. The molecule has 0 radical (unpaired) electrons. The Kier molecular flexibility index (Phi) is 6.20. The Labute approximate surface area is 196 Å². The van der Waals surface area contributed by atoms with Gasteiger partial charge in [0, 0.05) is 42.7 Å². The van der Waals surface area contributed by atoms with Crippen molar-refractivity contribution >= 4 is 22.9 Å². The molecule has 2 aliphatic heterocycles. The number of ether oxygens (including phenoxy) is 2. The number of amides is 1. The third-order valence-electron chi connectivity index (χ3n) is 6.20. The Morgan fingerprint density at radius 2 is 1.82 bits per heavy atom.